The zero-order valence-corrected chi connectivity index (χ0v) is 18.9. The zero-order valence-electron chi connectivity index (χ0n) is 18.9. The number of benzene rings is 3. The second kappa shape index (κ2) is 7.31. The molecule has 7 rings (SSSR count). The third-order valence-corrected chi connectivity index (χ3v) is 7.68. The molecule has 4 aliphatic rings. The summed E-state index contributed by atoms with van der Waals surface area (Å²) in [7, 11) is 0. The van der Waals surface area contributed by atoms with Crippen molar-refractivity contribution in [3.8, 4) is 0 Å². The number of carbonyl (C=O) groups excluding carboxylic acids is 2. The van der Waals surface area contributed by atoms with Gasteiger partial charge < -0.3 is 9.64 Å². The van der Waals surface area contributed by atoms with E-state index in [2.05, 4.69) is 36.4 Å². The molecule has 4 nitrogen and oxygen atoms in total. The highest BCUT2D eigenvalue weighted by Gasteiger charge is 2.52. The van der Waals surface area contributed by atoms with Gasteiger partial charge in [0.15, 0.2) is 6.10 Å². The highest BCUT2D eigenvalue weighted by atomic mass is 16.6. The molecule has 1 heterocycles. The topological polar surface area (TPSA) is 46.6 Å². The molecule has 0 saturated carbocycles. The van der Waals surface area contributed by atoms with Crippen molar-refractivity contribution in [2.45, 2.75) is 38.2 Å². The number of anilines is 1. The van der Waals surface area contributed by atoms with Gasteiger partial charge in [-0.15, -0.1) is 0 Å². The number of esters is 1. The van der Waals surface area contributed by atoms with E-state index in [9.17, 15) is 9.59 Å². The minimum Gasteiger partial charge on any atom is -0.451 e. The van der Waals surface area contributed by atoms with Crippen molar-refractivity contribution < 1.29 is 14.3 Å². The zero-order chi connectivity index (χ0) is 22.7. The van der Waals surface area contributed by atoms with Gasteiger partial charge in [0.1, 0.15) is 0 Å². The number of carbonyl (C=O) groups is 2. The molecule has 3 aromatic carbocycles. The van der Waals surface area contributed by atoms with Crippen molar-refractivity contribution >= 4 is 17.6 Å². The minimum atomic E-state index is -0.781. The van der Waals surface area contributed by atoms with Crippen LogP contribution in [0, 0.1) is 11.3 Å². The second-order valence-electron chi connectivity index (χ2n) is 10.2. The summed E-state index contributed by atoms with van der Waals surface area (Å²) in [5.74, 6) is -0.515. The number of amides is 1. The number of rotatable bonds is 3. The lowest BCUT2D eigenvalue weighted by atomic mass is 9.59. The molecule has 2 atom stereocenters. The normalized spacial score (nSPS) is 26.6. The highest BCUT2D eigenvalue weighted by molar-refractivity contribution is 6.01. The van der Waals surface area contributed by atoms with Gasteiger partial charge >= 0.3 is 5.97 Å². The monoisotopic (exact) mass is 437 g/mol. The average molecular weight is 438 g/mol. The number of fused-ring (bicyclic) bond motifs is 1. The quantitative estimate of drug-likeness (QED) is 0.525. The van der Waals surface area contributed by atoms with Crippen LogP contribution in [-0.4, -0.2) is 24.5 Å². The van der Waals surface area contributed by atoms with Crippen LogP contribution in [0.4, 0.5) is 5.69 Å². The molecule has 0 radical (unpaired) electrons. The van der Waals surface area contributed by atoms with E-state index < -0.39 is 11.5 Å². The number of ether oxygens (including phenoxy) is 1. The largest absolute Gasteiger partial charge is 0.451 e. The summed E-state index contributed by atoms with van der Waals surface area (Å²) in [4.78, 5) is 28.7. The molecular formula is C29H27NO3. The average Bonchev–Trinajstić information content (AvgIpc) is 3.08. The third kappa shape index (κ3) is 3.04. The minimum absolute atomic E-state index is 0.0280. The first-order valence-electron chi connectivity index (χ1n) is 11.7. The fourth-order valence-electron chi connectivity index (χ4n) is 6.15. The third-order valence-electron chi connectivity index (χ3n) is 7.68. The van der Waals surface area contributed by atoms with Gasteiger partial charge in [0.05, 0.1) is 5.92 Å². The summed E-state index contributed by atoms with van der Waals surface area (Å²) in [5, 5.41) is 0. The van der Waals surface area contributed by atoms with Crippen molar-refractivity contribution in [2.24, 2.45) is 11.3 Å². The van der Waals surface area contributed by atoms with E-state index in [0.29, 0.717) is 6.54 Å². The maximum absolute atomic E-state index is 13.6. The SMILES string of the molecule is CC1(C)CN(c2ccccc2)C(=O)[C@@H]1OC(=O)[C@H]1CC2c3ccccc3C1c1ccccc12. The summed E-state index contributed by atoms with van der Waals surface area (Å²) < 4.78 is 6.08. The van der Waals surface area contributed by atoms with Gasteiger partial charge in [-0.05, 0) is 40.8 Å². The summed E-state index contributed by atoms with van der Waals surface area (Å²) in [5.41, 5.74) is 5.45. The molecular weight excluding hydrogens is 410 g/mol. The molecule has 3 aromatic rings. The Morgan fingerprint density at radius 3 is 2.00 bits per heavy atom. The summed E-state index contributed by atoms with van der Waals surface area (Å²) in [6.45, 7) is 4.53. The van der Waals surface area contributed by atoms with Crippen molar-refractivity contribution in [3.63, 3.8) is 0 Å². The van der Waals surface area contributed by atoms with E-state index in [4.69, 9.17) is 4.74 Å². The molecule has 1 fully saturated rings. The van der Waals surface area contributed by atoms with E-state index in [0.717, 1.165) is 12.1 Å². The molecule has 1 saturated heterocycles. The molecule has 33 heavy (non-hydrogen) atoms. The van der Waals surface area contributed by atoms with Gasteiger partial charge in [-0.2, -0.15) is 0 Å². The van der Waals surface area contributed by atoms with Gasteiger partial charge in [0.2, 0.25) is 0 Å². The van der Waals surface area contributed by atoms with E-state index in [1.807, 2.05) is 56.3 Å². The predicted molar refractivity (Wildman–Crippen MR) is 127 cm³/mol. The van der Waals surface area contributed by atoms with Crippen molar-refractivity contribution in [3.05, 3.63) is 101 Å². The molecule has 0 aromatic heterocycles. The first-order chi connectivity index (χ1) is 16.0. The molecule has 0 unspecified atom stereocenters. The van der Waals surface area contributed by atoms with Gasteiger partial charge in [-0.3, -0.25) is 9.59 Å². The number of para-hydroxylation sites is 1. The lowest BCUT2D eigenvalue weighted by molar-refractivity contribution is -0.163. The Labute approximate surface area is 194 Å². The first kappa shape index (κ1) is 20.2. The van der Waals surface area contributed by atoms with E-state index >= 15 is 0 Å². The Morgan fingerprint density at radius 2 is 1.39 bits per heavy atom. The van der Waals surface area contributed by atoms with Crippen molar-refractivity contribution in [1.29, 1.82) is 0 Å². The molecule has 4 heteroatoms. The van der Waals surface area contributed by atoms with E-state index in [-0.39, 0.29) is 29.6 Å². The van der Waals surface area contributed by atoms with Gasteiger partial charge in [0.25, 0.3) is 5.91 Å². The standard InChI is InChI=1S/C29H27NO3/c1-29(2)17-30(18-10-4-3-5-11-18)27(31)26(29)33-28(32)24-16-23-19-12-6-8-14-21(19)25(24)22-15-9-7-13-20(22)23/h3-15,23-26H,16-17H2,1-2H3/t23?,24-,25?,26-/m0/s1. The van der Waals surface area contributed by atoms with Gasteiger partial charge in [0, 0.05) is 29.5 Å². The fourth-order valence-corrected chi connectivity index (χ4v) is 6.15. The summed E-state index contributed by atoms with van der Waals surface area (Å²) in [6.07, 6.45) is -0.0579. The highest BCUT2D eigenvalue weighted by Crippen LogP contribution is 2.55. The molecule has 1 amide bonds. The number of hydrogen-bond acceptors (Lipinski definition) is 3. The molecule has 0 spiro atoms. The van der Waals surface area contributed by atoms with Crippen LogP contribution in [0.15, 0.2) is 78.9 Å². The predicted octanol–water partition coefficient (Wildman–Crippen LogP) is 5.27. The van der Waals surface area contributed by atoms with Crippen LogP contribution in [0.25, 0.3) is 0 Å². The molecule has 2 bridgehead atoms. The fraction of sp³-hybridized carbons (Fsp3) is 0.310. The van der Waals surface area contributed by atoms with Crippen LogP contribution in [0.1, 0.15) is 54.4 Å². The Balaban J connectivity index is 1.31. The van der Waals surface area contributed by atoms with Gasteiger partial charge in [-0.1, -0.05) is 80.6 Å². The van der Waals surface area contributed by atoms with Crippen LogP contribution in [0.3, 0.4) is 0 Å². The maximum atomic E-state index is 13.6. The second-order valence-corrected chi connectivity index (χ2v) is 10.2. The molecule has 0 N–H and O–H groups in total. The Bertz CT molecular complexity index is 1200. The Kier molecular flexibility index (Phi) is 4.48. The van der Waals surface area contributed by atoms with Crippen LogP contribution in [0.2, 0.25) is 0 Å². The lowest BCUT2D eigenvalue weighted by Crippen LogP contribution is -2.42. The smallest absolute Gasteiger partial charge is 0.310 e. The lowest BCUT2D eigenvalue weighted by Gasteiger charge is -2.44. The molecule has 166 valence electrons. The molecule has 3 aliphatic carbocycles. The van der Waals surface area contributed by atoms with Crippen LogP contribution in [0.5, 0.6) is 0 Å². The number of hydrogen-bond donors (Lipinski definition) is 0. The summed E-state index contributed by atoms with van der Waals surface area (Å²) >= 11 is 0. The van der Waals surface area contributed by atoms with Gasteiger partial charge in [-0.25, -0.2) is 0 Å². The first-order valence-corrected chi connectivity index (χ1v) is 11.7. The van der Waals surface area contributed by atoms with E-state index in [1.165, 1.54) is 22.3 Å². The Morgan fingerprint density at radius 1 is 0.848 bits per heavy atom. The van der Waals surface area contributed by atoms with Crippen LogP contribution < -0.4 is 4.90 Å². The maximum Gasteiger partial charge on any atom is 0.310 e. The molecule has 1 aliphatic heterocycles. The number of nitrogens with zero attached hydrogens (tertiary/aromatic N) is 1. The van der Waals surface area contributed by atoms with Crippen molar-refractivity contribution in [1.82, 2.24) is 0 Å². The van der Waals surface area contributed by atoms with Crippen molar-refractivity contribution in [2.75, 3.05) is 11.4 Å². The van der Waals surface area contributed by atoms with Crippen LogP contribution >= 0.6 is 0 Å². The Hall–Kier alpha value is -3.40. The van der Waals surface area contributed by atoms with E-state index in [1.54, 1.807) is 4.90 Å². The summed E-state index contributed by atoms with van der Waals surface area (Å²) in [6, 6.07) is 26.5. The van der Waals surface area contributed by atoms with Crippen LogP contribution in [-0.2, 0) is 14.3 Å².